The molecule has 1 heterocycles. The largest absolute Gasteiger partial charge is 0.480 e. The predicted octanol–water partition coefficient (Wildman–Crippen LogP) is 2.31. The minimum absolute atomic E-state index is 0.0412. The number of amides is 1. The third-order valence-electron chi connectivity index (χ3n) is 3.07. The third-order valence-corrected chi connectivity index (χ3v) is 3.64. The van der Waals surface area contributed by atoms with Crippen LogP contribution in [-0.4, -0.2) is 47.2 Å². The van der Waals surface area contributed by atoms with Crippen LogP contribution in [0.5, 0.6) is 0 Å². The summed E-state index contributed by atoms with van der Waals surface area (Å²) in [5.74, 6) is -1.57. The van der Waals surface area contributed by atoms with Crippen molar-refractivity contribution in [1.82, 2.24) is 4.90 Å². The molecular weight excluding hydrogens is 305 g/mol. The average Bonchev–Trinajstić information content (AvgIpc) is 2.40. The molecule has 1 saturated heterocycles. The number of carboxylic acid groups (broad SMARTS) is 1. The highest BCUT2D eigenvalue weighted by molar-refractivity contribution is 6.35. The van der Waals surface area contributed by atoms with E-state index in [0.29, 0.717) is 5.02 Å². The Morgan fingerprint density at radius 1 is 1.40 bits per heavy atom. The van der Waals surface area contributed by atoms with E-state index < -0.39 is 17.9 Å². The maximum absolute atomic E-state index is 12.5. The lowest BCUT2D eigenvalue weighted by Gasteiger charge is -2.36. The zero-order chi connectivity index (χ0) is 14.9. The normalized spacial score (nSPS) is 22.6. The molecule has 2 rings (SSSR count). The minimum Gasteiger partial charge on any atom is -0.480 e. The van der Waals surface area contributed by atoms with Crippen LogP contribution < -0.4 is 0 Å². The van der Waals surface area contributed by atoms with E-state index in [9.17, 15) is 14.7 Å². The summed E-state index contributed by atoms with van der Waals surface area (Å²) < 4.78 is 5.29. The van der Waals surface area contributed by atoms with Gasteiger partial charge in [0.1, 0.15) is 0 Å². The van der Waals surface area contributed by atoms with Gasteiger partial charge in [-0.15, -0.1) is 0 Å². The van der Waals surface area contributed by atoms with E-state index in [2.05, 4.69) is 0 Å². The van der Waals surface area contributed by atoms with E-state index in [4.69, 9.17) is 27.9 Å². The summed E-state index contributed by atoms with van der Waals surface area (Å²) in [5, 5.41) is 9.79. The van der Waals surface area contributed by atoms with Crippen LogP contribution >= 0.6 is 23.2 Å². The molecule has 1 amide bonds. The van der Waals surface area contributed by atoms with Gasteiger partial charge in [-0.2, -0.15) is 0 Å². The van der Waals surface area contributed by atoms with Gasteiger partial charge >= 0.3 is 5.97 Å². The summed E-state index contributed by atoms with van der Waals surface area (Å²) in [4.78, 5) is 25.0. The van der Waals surface area contributed by atoms with Gasteiger partial charge in [-0.05, 0) is 25.1 Å². The molecule has 1 N–H and O–H groups in total. The fourth-order valence-electron chi connectivity index (χ4n) is 2.05. The molecule has 1 fully saturated rings. The molecule has 0 aliphatic carbocycles. The molecule has 2 atom stereocenters. The van der Waals surface area contributed by atoms with Crippen LogP contribution in [0, 0.1) is 0 Å². The van der Waals surface area contributed by atoms with Gasteiger partial charge in [-0.3, -0.25) is 4.79 Å². The first-order valence-corrected chi connectivity index (χ1v) is 6.76. The first-order valence-electron chi connectivity index (χ1n) is 6.00. The summed E-state index contributed by atoms with van der Waals surface area (Å²) >= 11 is 11.8. The second-order valence-corrected chi connectivity index (χ2v) is 5.42. The molecule has 0 spiro atoms. The van der Waals surface area contributed by atoms with Crippen LogP contribution in [0.3, 0.4) is 0 Å². The Bertz CT molecular complexity index is 549. The molecule has 0 aromatic heterocycles. The van der Waals surface area contributed by atoms with E-state index >= 15 is 0 Å². The topological polar surface area (TPSA) is 66.8 Å². The van der Waals surface area contributed by atoms with Crippen LogP contribution in [0.15, 0.2) is 18.2 Å². The molecule has 1 aromatic rings. The average molecular weight is 318 g/mol. The van der Waals surface area contributed by atoms with Gasteiger partial charge < -0.3 is 14.7 Å². The number of hydrogen-bond donors (Lipinski definition) is 1. The highest BCUT2D eigenvalue weighted by Crippen LogP contribution is 2.24. The van der Waals surface area contributed by atoms with E-state index in [0.717, 1.165) is 0 Å². The van der Waals surface area contributed by atoms with Crippen LogP contribution in [0.4, 0.5) is 0 Å². The predicted molar refractivity (Wildman–Crippen MR) is 74.3 cm³/mol. The SMILES string of the molecule is C[C@H]1CN(C(=O)c2cc(Cl)ccc2Cl)[C@H](C(=O)O)CO1. The number of morpholine rings is 1. The molecule has 5 nitrogen and oxygen atoms in total. The van der Waals surface area contributed by atoms with E-state index in [1.54, 1.807) is 13.0 Å². The lowest BCUT2D eigenvalue weighted by Crippen LogP contribution is -2.55. The molecule has 108 valence electrons. The van der Waals surface area contributed by atoms with Crippen molar-refractivity contribution in [1.29, 1.82) is 0 Å². The summed E-state index contributed by atoms with van der Waals surface area (Å²) in [7, 11) is 0. The zero-order valence-electron chi connectivity index (χ0n) is 10.7. The second kappa shape index (κ2) is 5.99. The van der Waals surface area contributed by atoms with Gasteiger partial charge in [0.25, 0.3) is 5.91 Å². The minimum atomic E-state index is -1.11. The second-order valence-electron chi connectivity index (χ2n) is 4.58. The molecule has 1 aromatic carbocycles. The molecule has 7 heteroatoms. The van der Waals surface area contributed by atoms with Crippen molar-refractivity contribution in [2.45, 2.75) is 19.1 Å². The van der Waals surface area contributed by atoms with Crippen molar-refractivity contribution < 1.29 is 19.4 Å². The Morgan fingerprint density at radius 3 is 2.75 bits per heavy atom. The van der Waals surface area contributed by atoms with E-state index in [1.807, 2.05) is 0 Å². The third kappa shape index (κ3) is 3.06. The number of ether oxygens (including phenoxy) is 1. The smallest absolute Gasteiger partial charge is 0.328 e. The molecule has 20 heavy (non-hydrogen) atoms. The Labute approximate surface area is 126 Å². The number of hydrogen-bond acceptors (Lipinski definition) is 3. The number of carbonyl (C=O) groups excluding carboxylic acids is 1. The van der Waals surface area contributed by atoms with Gasteiger partial charge in [-0.1, -0.05) is 23.2 Å². The van der Waals surface area contributed by atoms with Crippen molar-refractivity contribution in [3.8, 4) is 0 Å². The van der Waals surface area contributed by atoms with Gasteiger partial charge in [0.15, 0.2) is 6.04 Å². The highest BCUT2D eigenvalue weighted by atomic mass is 35.5. The quantitative estimate of drug-likeness (QED) is 0.909. The highest BCUT2D eigenvalue weighted by Gasteiger charge is 2.36. The lowest BCUT2D eigenvalue weighted by molar-refractivity contribution is -0.150. The number of benzene rings is 1. The van der Waals surface area contributed by atoms with Crippen LogP contribution in [0.1, 0.15) is 17.3 Å². The van der Waals surface area contributed by atoms with Crippen molar-refractivity contribution in [3.05, 3.63) is 33.8 Å². The first kappa shape index (κ1) is 15.1. The summed E-state index contributed by atoms with van der Waals surface area (Å²) in [6, 6.07) is 3.49. The van der Waals surface area contributed by atoms with Crippen LogP contribution in [0.2, 0.25) is 10.0 Å². The Hall–Kier alpha value is -1.30. The lowest BCUT2D eigenvalue weighted by atomic mass is 10.1. The van der Waals surface area contributed by atoms with Gasteiger partial charge in [0.05, 0.1) is 23.3 Å². The van der Waals surface area contributed by atoms with Crippen molar-refractivity contribution in [3.63, 3.8) is 0 Å². The zero-order valence-corrected chi connectivity index (χ0v) is 12.2. The standard InChI is InChI=1S/C13H13Cl2NO4/c1-7-5-16(11(6-20-7)13(18)19)12(17)9-4-8(14)2-3-10(9)15/h2-4,7,11H,5-6H2,1H3,(H,18,19)/t7-,11-/m0/s1. The number of halogens is 2. The summed E-state index contributed by atoms with van der Waals surface area (Å²) in [6.45, 7) is 1.93. The Balaban J connectivity index is 2.33. The monoisotopic (exact) mass is 317 g/mol. The number of carbonyl (C=O) groups is 2. The molecule has 0 bridgehead atoms. The van der Waals surface area contributed by atoms with Gasteiger partial charge in [-0.25, -0.2) is 4.79 Å². The molecule has 1 aliphatic heterocycles. The maximum Gasteiger partial charge on any atom is 0.328 e. The van der Waals surface area contributed by atoms with Crippen LogP contribution in [0.25, 0.3) is 0 Å². The molecular formula is C13H13Cl2NO4. The number of carboxylic acids is 1. The summed E-state index contributed by atoms with van der Waals surface area (Å²) in [5.41, 5.74) is 0.194. The summed E-state index contributed by atoms with van der Waals surface area (Å²) in [6.07, 6.45) is -0.229. The van der Waals surface area contributed by atoms with Crippen molar-refractivity contribution in [2.75, 3.05) is 13.2 Å². The molecule has 0 radical (unpaired) electrons. The Morgan fingerprint density at radius 2 is 2.10 bits per heavy atom. The van der Waals surface area contributed by atoms with E-state index in [-0.39, 0.29) is 29.8 Å². The number of nitrogens with zero attached hydrogens (tertiary/aromatic N) is 1. The van der Waals surface area contributed by atoms with Crippen molar-refractivity contribution >= 4 is 35.1 Å². The van der Waals surface area contributed by atoms with Gasteiger partial charge in [0.2, 0.25) is 0 Å². The molecule has 0 saturated carbocycles. The molecule has 1 aliphatic rings. The Kier molecular flexibility index (Phi) is 4.52. The van der Waals surface area contributed by atoms with Gasteiger partial charge in [0, 0.05) is 11.6 Å². The van der Waals surface area contributed by atoms with Crippen LogP contribution in [-0.2, 0) is 9.53 Å². The van der Waals surface area contributed by atoms with Crippen molar-refractivity contribution in [2.24, 2.45) is 0 Å². The van der Waals surface area contributed by atoms with E-state index in [1.165, 1.54) is 17.0 Å². The fraction of sp³-hybridized carbons (Fsp3) is 0.385. The number of rotatable bonds is 2. The molecule has 0 unspecified atom stereocenters. The maximum atomic E-state index is 12.5. The first-order chi connectivity index (χ1) is 9.40. The number of aliphatic carboxylic acids is 1. The fourth-order valence-corrected chi connectivity index (χ4v) is 2.42.